The Labute approximate surface area is 83.1 Å². The molecule has 0 atom stereocenters. The molecular weight excluding hydrogens is 204 g/mol. The number of hydrogen-bond donors (Lipinski definition) is 0. The maximum Gasteiger partial charge on any atom is 0.0815 e. The van der Waals surface area contributed by atoms with Crippen LogP contribution in [0.25, 0.3) is 11.1 Å². The molecule has 2 aromatic heterocycles. The van der Waals surface area contributed by atoms with Gasteiger partial charge in [0.1, 0.15) is 0 Å². The van der Waals surface area contributed by atoms with E-state index >= 15 is 0 Å². The van der Waals surface area contributed by atoms with Gasteiger partial charge in [-0.05, 0) is 39.4 Å². The topological polar surface area (TPSA) is 40.1 Å². The summed E-state index contributed by atoms with van der Waals surface area (Å²) in [5.74, 6) is -1.11. The predicted octanol–water partition coefficient (Wildman–Crippen LogP) is 1.84. The largest absolute Gasteiger partial charge is 0.544 e. The van der Waals surface area contributed by atoms with Gasteiger partial charge < -0.3 is 9.90 Å². The standard InChI is InChI=1S/C9H6O2S2/c10-9(11)8-3-7(5-13-8)6-1-2-12-4-6/h1-5H,(H,10,11)/p-1. The van der Waals surface area contributed by atoms with Crippen LogP contribution in [-0.2, 0) is 0 Å². The molecule has 0 aromatic carbocycles. The van der Waals surface area contributed by atoms with Gasteiger partial charge in [-0.25, -0.2) is 0 Å². The number of thiophene rings is 2. The number of rotatable bonds is 2. The highest BCUT2D eigenvalue weighted by Gasteiger charge is 2.02. The Balaban J connectivity index is 2.39. The molecule has 0 aliphatic rings. The highest BCUT2D eigenvalue weighted by atomic mass is 32.1. The van der Waals surface area contributed by atoms with Crippen LogP contribution in [0.2, 0.25) is 0 Å². The van der Waals surface area contributed by atoms with Crippen LogP contribution in [0.4, 0.5) is 0 Å². The van der Waals surface area contributed by atoms with E-state index in [0.717, 1.165) is 11.1 Å². The number of carbonyl (C=O) groups excluding carboxylic acids is 1. The summed E-state index contributed by atoms with van der Waals surface area (Å²) in [6.07, 6.45) is 0. The number of carboxylic acids is 1. The minimum absolute atomic E-state index is 0.279. The Morgan fingerprint density at radius 3 is 2.69 bits per heavy atom. The molecule has 2 aromatic rings. The molecule has 2 rings (SSSR count). The summed E-state index contributed by atoms with van der Waals surface area (Å²) in [7, 11) is 0. The predicted molar refractivity (Wildman–Crippen MR) is 52.0 cm³/mol. The van der Waals surface area contributed by atoms with Crippen molar-refractivity contribution in [2.45, 2.75) is 0 Å². The van der Waals surface area contributed by atoms with E-state index in [0.29, 0.717) is 0 Å². The molecule has 0 saturated heterocycles. The molecule has 0 amide bonds. The molecule has 0 aliphatic heterocycles. The third kappa shape index (κ3) is 1.64. The van der Waals surface area contributed by atoms with Gasteiger partial charge in [0, 0.05) is 0 Å². The monoisotopic (exact) mass is 209 g/mol. The van der Waals surface area contributed by atoms with Gasteiger partial charge in [-0.2, -0.15) is 11.3 Å². The number of carbonyl (C=O) groups is 1. The zero-order valence-corrected chi connectivity index (χ0v) is 8.15. The lowest BCUT2D eigenvalue weighted by Gasteiger charge is -1.93. The molecule has 0 spiro atoms. The van der Waals surface area contributed by atoms with Crippen LogP contribution in [0, 0.1) is 0 Å². The van der Waals surface area contributed by atoms with Gasteiger partial charge in [-0.1, -0.05) is 0 Å². The molecule has 0 fully saturated rings. The molecule has 66 valence electrons. The lowest BCUT2D eigenvalue weighted by Crippen LogP contribution is -2.20. The third-order valence-electron chi connectivity index (χ3n) is 1.66. The average molecular weight is 209 g/mol. The van der Waals surface area contributed by atoms with Crippen molar-refractivity contribution in [2.75, 3.05) is 0 Å². The van der Waals surface area contributed by atoms with E-state index in [-0.39, 0.29) is 4.88 Å². The molecule has 4 heteroatoms. The number of hydrogen-bond acceptors (Lipinski definition) is 4. The fourth-order valence-electron chi connectivity index (χ4n) is 1.02. The van der Waals surface area contributed by atoms with Crippen LogP contribution in [-0.4, -0.2) is 5.97 Å². The van der Waals surface area contributed by atoms with Crippen LogP contribution >= 0.6 is 22.7 Å². The molecule has 0 radical (unpaired) electrons. The molecule has 2 nitrogen and oxygen atoms in total. The molecule has 0 saturated carbocycles. The lowest BCUT2D eigenvalue weighted by molar-refractivity contribution is -0.254. The van der Waals surface area contributed by atoms with Crippen molar-refractivity contribution in [3.63, 3.8) is 0 Å². The number of aromatic carboxylic acids is 1. The van der Waals surface area contributed by atoms with Crippen molar-refractivity contribution in [3.8, 4) is 11.1 Å². The highest BCUT2D eigenvalue weighted by Crippen LogP contribution is 2.26. The highest BCUT2D eigenvalue weighted by molar-refractivity contribution is 7.12. The first-order valence-corrected chi connectivity index (χ1v) is 5.42. The summed E-state index contributed by atoms with van der Waals surface area (Å²) in [5, 5.41) is 16.3. The van der Waals surface area contributed by atoms with Crippen LogP contribution < -0.4 is 5.11 Å². The first kappa shape index (κ1) is 8.47. The third-order valence-corrected chi connectivity index (χ3v) is 3.25. The van der Waals surface area contributed by atoms with Crippen LogP contribution in [0.5, 0.6) is 0 Å². The quantitative estimate of drug-likeness (QED) is 0.757. The Bertz CT molecular complexity index is 415. The van der Waals surface area contributed by atoms with Gasteiger partial charge in [0.15, 0.2) is 0 Å². The molecular formula is C9H5O2S2-. The first-order chi connectivity index (χ1) is 6.27. The average Bonchev–Trinajstić information content (AvgIpc) is 2.75. The van der Waals surface area contributed by atoms with Crippen molar-refractivity contribution in [2.24, 2.45) is 0 Å². The second-order valence-corrected chi connectivity index (χ2v) is 4.19. The first-order valence-electron chi connectivity index (χ1n) is 3.60. The van der Waals surface area contributed by atoms with Crippen molar-refractivity contribution >= 4 is 28.6 Å². The summed E-state index contributed by atoms with van der Waals surface area (Å²) in [4.78, 5) is 10.8. The minimum Gasteiger partial charge on any atom is -0.544 e. The van der Waals surface area contributed by atoms with Crippen molar-refractivity contribution in [1.82, 2.24) is 0 Å². The van der Waals surface area contributed by atoms with E-state index in [1.54, 1.807) is 17.4 Å². The zero-order chi connectivity index (χ0) is 9.26. The molecule has 0 bridgehead atoms. The Hall–Kier alpha value is -1.13. The SMILES string of the molecule is O=C([O-])c1cc(-c2ccsc2)cs1. The van der Waals surface area contributed by atoms with Crippen molar-refractivity contribution in [3.05, 3.63) is 33.2 Å². The van der Waals surface area contributed by atoms with E-state index in [9.17, 15) is 9.90 Å². The smallest absolute Gasteiger partial charge is 0.0815 e. The fourth-order valence-corrected chi connectivity index (χ4v) is 2.44. The molecule has 0 unspecified atom stereocenters. The zero-order valence-electron chi connectivity index (χ0n) is 6.52. The van der Waals surface area contributed by atoms with E-state index in [1.165, 1.54) is 11.3 Å². The molecule has 2 heterocycles. The van der Waals surface area contributed by atoms with Gasteiger partial charge in [-0.3, -0.25) is 0 Å². The second-order valence-electron chi connectivity index (χ2n) is 2.50. The van der Waals surface area contributed by atoms with E-state index < -0.39 is 5.97 Å². The normalized spacial score (nSPS) is 10.2. The fraction of sp³-hybridized carbons (Fsp3) is 0. The van der Waals surface area contributed by atoms with Crippen molar-refractivity contribution in [1.29, 1.82) is 0 Å². The van der Waals surface area contributed by atoms with Gasteiger partial charge in [0.25, 0.3) is 0 Å². The van der Waals surface area contributed by atoms with Crippen LogP contribution in [0.3, 0.4) is 0 Å². The summed E-state index contributed by atoms with van der Waals surface area (Å²) in [6, 6.07) is 3.60. The Morgan fingerprint density at radius 1 is 1.31 bits per heavy atom. The Kier molecular flexibility index (Phi) is 2.16. The summed E-state index contributed by atoms with van der Waals surface area (Å²) >= 11 is 2.79. The van der Waals surface area contributed by atoms with Gasteiger partial charge in [-0.15, -0.1) is 11.3 Å². The summed E-state index contributed by atoms with van der Waals surface area (Å²) in [5.41, 5.74) is 2.01. The van der Waals surface area contributed by atoms with Gasteiger partial charge in [0.2, 0.25) is 0 Å². The van der Waals surface area contributed by atoms with E-state index in [2.05, 4.69) is 0 Å². The second kappa shape index (κ2) is 3.32. The van der Waals surface area contributed by atoms with Crippen LogP contribution in [0.15, 0.2) is 28.3 Å². The molecule has 0 N–H and O–H groups in total. The van der Waals surface area contributed by atoms with Gasteiger partial charge >= 0.3 is 0 Å². The Morgan fingerprint density at radius 2 is 2.15 bits per heavy atom. The summed E-state index contributed by atoms with van der Waals surface area (Å²) < 4.78 is 0. The van der Waals surface area contributed by atoms with E-state index in [1.807, 2.05) is 22.2 Å². The maximum absolute atomic E-state index is 10.5. The minimum atomic E-state index is -1.11. The van der Waals surface area contributed by atoms with Crippen molar-refractivity contribution < 1.29 is 9.90 Å². The lowest BCUT2D eigenvalue weighted by atomic mass is 10.2. The maximum atomic E-state index is 10.5. The number of carboxylic acid groups (broad SMARTS) is 1. The molecule has 0 aliphatic carbocycles. The molecule has 13 heavy (non-hydrogen) atoms. The summed E-state index contributed by atoms with van der Waals surface area (Å²) in [6.45, 7) is 0. The van der Waals surface area contributed by atoms with Gasteiger partial charge in [0.05, 0.1) is 10.8 Å². The van der Waals surface area contributed by atoms with Crippen LogP contribution in [0.1, 0.15) is 9.67 Å². The van der Waals surface area contributed by atoms with E-state index in [4.69, 9.17) is 0 Å².